The highest BCUT2D eigenvalue weighted by Gasteiger charge is 2.17. The molecule has 1 amide bonds. The number of anilines is 1. The molecule has 0 fully saturated rings. The molecule has 5 nitrogen and oxygen atoms in total. The molecule has 0 atom stereocenters. The van der Waals surface area contributed by atoms with Crippen molar-refractivity contribution in [3.05, 3.63) is 65.2 Å². The zero-order valence-electron chi connectivity index (χ0n) is 12.6. The van der Waals surface area contributed by atoms with Gasteiger partial charge >= 0.3 is 0 Å². The van der Waals surface area contributed by atoms with Gasteiger partial charge in [0.1, 0.15) is 0 Å². The molecule has 0 aliphatic heterocycles. The van der Waals surface area contributed by atoms with E-state index in [1.165, 1.54) is 4.31 Å². The molecule has 0 spiro atoms. The van der Waals surface area contributed by atoms with Crippen LogP contribution in [0.1, 0.15) is 10.4 Å². The molecule has 2 rings (SSSR count). The van der Waals surface area contributed by atoms with E-state index in [0.29, 0.717) is 16.3 Å². The van der Waals surface area contributed by atoms with Crippen LogP contribution in [0.2, 0.25) is 5.02 Å². The summed E-state index contributed by atoms with van der Waals surface area (Å²) in [6.45, 7) is 0.336. The highest BCUT2D eigenvalue weighted by atomic mass is 35.5. The Morgan fingerprint density at radius 1 is 1.13 bits per heavy atom. The van der Waals surface area contributed by atoms with Gasteiger partial charge in [-0.15, -0.1) is 0 Å². The molecule has 0 saturated carbocycles. The van der Waals surface area contributed by atoms with Gasteiger partial charge in [0.2, 0.25) is 10.0 Å². The third kappa shape index (κ3) is 4.97. The van der Waals surface area contributed by atoms with Crippen LogP contribution in [0.5, 0.6) is 0 Å². The maximum absolute atomic E-state index is 12.0. The van der Waals surface area contributed by atoms with E-state index < -0.39 is 10.0 Å². The Hall–Kier alpha value is -2.05. The SMILES string of the molecule is CS(=O)(=O)N(CCNC(=O)c1cccc(Cl)c1)c1ccccc1. The van der Waals surface area contributed by atoms with Crippen molar-refractivity contribution in [3.8, 4) is 0 Å². The second-order valence-corrected chi connectivity index (χ2v) is 7.28. The number of sulfonamides is 1. The minimum Gasteiger partial charge on any atom is -0.350 e. The maximum atomic E-state index is 12.0. The molecule has 0 radical (unpaired) electrons. The zero-order valence-corrected chi connectivity index (χ0v) is 14.1. The van der Waals surface area contributed by atoms with Crippen molar-refractivity contribution in [1.29, 1.82) is 0 Å². The average molecular weight is 353 g/mol. The molecular formula is C16H17ClN2O3S. The van der Waals surface area contributed by atoms with Gasteiger partial charge in [-0.1, -0.05) is 35.9 Å². The highest BCUT2D eigenvalue weighted by Crippen LogP contribution is 2.16. The molecule has 0 aliphatic carbocycles. The Labute approximate surface area is 140 Å². The monoisotopic (exact) mass is 352 g/mol. The lowest BCUT2D eigenvalue weighted by Gasteiger charge is -2.22. The number of carbonyl (C=O) groups excluding carboxylic acids is 1. The van der Waals surface area contributed by atoms with E-state index in [-0.39, 0.29) is 19.0 Å². The first-order valence-electron chi connectivity index (χ1n) is 6.94. The first kappa shape index (κ1) is 17.3. The van der Waals surface area contributed by atoms with Crippen molar-refractivity contribution in [2.75, 3.05) is 23.7 Å². The molecule has 0 aromatic heterocycles. The lowest BCUT2D eigenvalue weighted by molar-refractivity contribution is 0.0955. The maximum Gasteiger partial charge on any atom is 0.251 e. The number of hydrogen-bond acceptors (Lipinski definition) is 3. The number of amides is 1. The lowest BCUT2D eigenvalue weighted by atomic mass is 10.2. The summed E-state index contributed by atoms with van der Waals surface area (Å²) in [7, 11) is -3.43. The van der Waals surface area contributed by atoms with Crippen LogP contribution in [-0.4, -0.2) is 33.7 Å². The van der Waals surface area contributed by atoms with Crippen molar-refractivity contribution in [3.63, 3.8) is 0 Å². The van der Waals surface area contributed by atoms with E-state index in [9.17, 15) is 13.2 Å². The molecule has 23 heavy (non-hydrogen) atoms. The third-order valence-electron chi connectivity index (χ3n) is 3.13. The van der Waals surface area contributed by atoms with Crippen molar-refractivity contribution >= 4 is 33.2 Å². The van der Waals surface area contributed by atoms with E-state index in [0.717, 1.165) is 6.26 Å². The summed E-state index contributed by atoms with van der Waals surface area (Å²) in [5.41, 5.74) is 0.995. The van der Waals surface area contributed by atoms with Gasteiger partial charge < -0.3 is 5.32 Å². The van der Waals surface area contributed by atoms with Crippen LogP contribution in [-0.2, 0) is 10.0 Å². The molecule has 0 aliphatic rings. The Kier molecular flexibility index (Phi) is 5.63. The number of benzene rings is 2. The topological polar surface area (TPSA) is 66.5 Å². The van der Waals surface area contributed by atoms with Crippen molar-refractivity contribution in [2.45, 2.75) is 0 Å². The molecule has 0 heterocycles. The summed E-state index contributed by atoms with van der Waals surface area (Å²) in [6.07, 6.45) is 1.14. The minimum atomic E-state index is -3.43. The molecule has 0 unspecified atom stereocenters. The lowest BCUT2D eigenvalue weighted by Crippen LogP contribution is -2.38. The number of para-hydroxylation sites is 1. The first-order valence-corrected chi connectivity index (χ1v) is 9.17. The number of halogens is 1. The number of nitrogens with zero attached hydrogens (tertiary/aromatic N) is 1. The van der Waals surface area contributed by atoms with E-state index in [1.54, 1.807) is 48.5 Å². The number of rotatable bonds is 6. The highest BCUT2D eigenvalue weighted by molar-refractivity contribution is 7.92. The standard InChI is InChI=1S/C16H17ClN2O3S/c1-23(21,22)19(15-8-3-2-4-9-15)11-10-18-16(20)13-6-5-7-14(17)12-13/h2-9,12H,10-11H2,1H3,(H,18,20). The van der Waals surface area contributed by atoms with E-state index in [4.69, 9.17) is 11.6 Å². The quantitative estimate of drug-likeness (QED) is 0.868. The summed E-state index contributed by atoms with van der Waals surface area (Å²) in [5.74, 6) is -0.297. The molecular weight excluding hydrogens is 336 g/mol. The Bertz CT molecular complexity index is 779. The van der Waals surface area contributed by atoms with Gasteiger partial charge in [0.25, 0.3) is 5.91 Å². The predicted molar refractivity (Wildman–Crippen MR) is 92.4 cm³/mol. The number of nitrogens with one attached hydrogen (secondary N) is 1. The Morgan fingerprint density at radius 3 is 2.43 bits per heavy atom. The Morgan fingerprint density at radius 2 is 1.83 bits per heavy atom. The van der Waals surface area contributed by atoms with Gasteiger partial charge in [0.05, 0.1) is 18.5 Å². The van der Waals surface area contributed by atoms with Gasteiger partial charge in [0.15, 0.2) is 0 Å². The molecule has 7 heteroatoms. The number of hydrogen-bond donors (Lipinski definition) is 1. The van der Waals surface area contributed by atoms with E-state index in [1.807, 2.05) is 6.07 Å². The molecule has 2 aromatic carbocycles. The molecule has 2 aromatic rings. The summed E-state index contributed by atoms with van der Waals surface area (Å²) >= 11 is 5.85. The zero-order chi connectivity index (χ0) is 16.9. The normalized spacial score (nSPS) is 11.0. The largest absolute Gasteiger partial charge is 0.350 e. The fourth-order valence-corrected chi connectivity index (χ4v) is 3.20. The van der Waals surface area contributed by atoms with Gasteiger partial charge in [0, 0.05) is 17.1 Å². The fraction of sp³-hybridized carbons (Fsp3) is 0.188. The fourth-order valence-electron chi connectivity index (χ4n) is 2.08. The first-order chi connectivity index (χ1) is 10.9. The molecule has 122 valence electrons. The van der Waals surface area contributed by atoms with Crippen LogP contribution < -0.4 is 9.62 Å². The van der Waals surface area contributed by atoms with Gasteiger partial charge in [-0.2, -0.15) is 0 Å². The molecule has 0 bridgehead atoms. The van der Waals surface area contributed by atoms with Crippen LogP contribution in [0.25, 0.3) is 0 Å². The van der Waals surface area contributed by atoms with Gasteiger partial charge in [-0.25, -0.2) is 8.42 Å². The average Bonchev–Trinajstić information content (AvgIpc) is 2.51. The van der Waals surface area contributed by atoms with Gasteiger partial charge in [-0.05, 0) is 30.3 Å². The number of carbonyl (C=O) groups is 1. The van der Waals surface area contributed by atoms with Crippen molar-refractivity contribution in [1.82, 2.24) is 5.32 Å². The molecule has 1 N–H and O–H groups in total. The van der Waals surface area contributed by atoms with Crippen molar-refractivity contribution < 1.29 is 13.2 Å². The van der Waals surface area contributed by atoms with Gasteiger partial charge in [-0.3, -0.25) is 9.10 Å². The third-order valence-corrected chi connectivity index (χ3v) is 4.56. The van der Waals surface area contributed by atoms with E-state index in [2.05, 4.69) is 5.32 Å². The van der Waals surface area contributed by atoms with Crippen LogP contribution in [0.15, 0.2) is 54.6 Å². The summed E-state index contributed by atoms with van der Waals surface area (Å²) in [4.78, 5) is 12.0. The summed E-state index contributed by atoms with van der Waals surface area (Å²) in [6, 6.07) is 15.3. The van der Waals surface area contributed by atoms with Crippen LogP contribution in [0, 0.1) is 0 Å². The second kappa shape index (κ2) is 7.48. The minimum absolute atomic E-state index is 0.148. The predicted octanol–water partition coefficient (Wildman–Crippen LogP) is 2.54. The van der Waals surface area contributed by atoms with Crippen LogP contribution in [0.4, 0.5) is 5.69 Å². The Balaban J connectivity index is 2.01. The van der Waals surface area contributed by atoms with E-state index >= 15 is 0 Å². The second-order valence-electron chi connectivity index (χ2n) is 4.94. The smallest absolute Gasteiger partial charge is 0.251 e. The summed E-state index contributed by atoms with van der Waals surface area (Å²) < 4.78 is 25.1. The molecule has 0 saturated heterocycles. The van der Waals surface area contributed by atoms with Crippen LogP contribution in [0.3, 0.4) is 0 Å². The summed E-state index contributed by atoms with van der Waals surface area (Å²) in [5, 5.41) is 3.17. The van der Waals surface area contributed by atoms with Crippen LogP contribution >= 0.6 is 11.6 Å². The van der Waals surface area contributed by atoms with Crippen molar-refractivity contribution in [2.24, 2.45) is 0 Å².